The average Bonchev–Trinajstić information content (AvgIpc) is 2.80. The number of anilines is 1. The van der Waals surface area contributed by atoms with E-state index in [1.807, 2.05) is 6.07 Å². The molecule has 25 heavy (non-hydrogen) atoms. The lowest BCUT2D eigenvalue weighted by Gasteiger charge is -2.32. The molecule has 0 saturated carbocycles. The molecule has 7 nitrogen and oxygen atoms in total. The van der Waals surface area contributed by atoms with E-state index in [9.17, 15) is 14.9 Å². The van der Waals surface area contributed by atoms with Gasteiger partial charge in [-0.25, -0.2) is 4.79 Å². The zero-order valence-corrected chi connectivity index (χ0v) is 13.6. The number of nitrogens with one attached hydrogen (secondary N) is 1. The second-order valence-electron chi connectivity index (χ2n) is 5.73. The van der Waals surface area contributed by atoms with Crippen LogP contribution in [-0.2, 0) is 10.2 Å². The summed E-state index contributed by atoms with van der Waals surface area (Å²) in [5.74, 6) is -0.474. The van der Waals surface area contributed by atoms with Gasteiger partial charge < -0.3 is 20.2 Å². The van der Waals surface area contributed by atoms with Gasteiger partial charge in [0.2, 0.25) is 11.8 Å². The minimum absolute atomic E-state index is 0.0771. The molecular formula is C17H10ClN3O4. The number of carbonyl (C=O) groups excluding carboxylic acids is 1. The summed E-state index contributed by atoms with van der Waals surface area (Å²) in [4.78, 5) is 25.6. The molecule has 0 bridgehead atoms. The van der Waals surface area contributed by atoms with E-state index < -0.39 is 16.9 Å². The number of nitriles is 1. The van der Waals surface area contributed by atoms with E-state index >= 15 is 0 Å². The number of nitrogens with zero attached hydrogens (tertiary/aromatic N) is 1. The van der Waals surface area contributed by atoms with E-state index in [4.69, 9.17) is 26.5 Å². The van der Waals surface area contributed by atoms with Gasteiger partial charge in [-0.2, -0.15) is 5.26 Å². The molecule has 124 valence electrons. The normalized spacial score (nSPS) is 20.6. The topological polar surface area (TPSA) is 118 Å². The number of hydrogen-bond acceptors (Lipinski definition) is 6. The first-order chi connectivity index (χ1) is 11.9. The number of amides is 1. The third-order valence-corrected chi connectivity index (χ3v) is 4.58. The number of benzene rings is 1. The molecule has 1 spiro atoms. The van der Waals surface area contributed by atoms with Crippen LogP contribution < -0.4 is 21.4 Å². The van der Waals surface area contributed by atoms with Gasteiger partial charge in [0.25, 0.3) is 0 Å². The number of fused-ring (bicyclic) bond motifs is 4. The molecule has 1 aromatic carbocycles. The van der Waals surface area contributed by atoms with Gasteiger partial charge in [0.1, 0.15) is 28.7 Å². The van der Waals surface area contributed by atoms with E-state index in [0.717, 1.165) is 0 Å². The van der Waals surface area contributed by atoms with Crippen LogP contribution in [0, 0.1) is 18.3 Å². The fourth-order valence-electron chi connectivity index (χ4n) is 3.39. The summed E-state index contributed by atoms with van der Waals surface area (Å²) >= 11 is 6.09. The van der Waals surface area contributed by atoms with Crippen molar-refractivity contribution in [3.05, 3.63) is 68.1 Å². The summed E-state index contributed by atoms with van der Waals surface area (Å²) in [6.07, 6.45) is 0. The van der Waals surface area contributed by atoms with Crippen molar-refractivity contribution in [3.8, 4) is 11.8 Å². The Morgan fingerprint density at radius 2 is 2.08 bits per heavy atom. The Bertz CT molecular complexity index is 1100. The number of halogens is 1. The molecule has 1 amide bonds. The number of aryl methyl sites for hydroxylation is 1. The Labute approximate surface area is 146 Å². The van der Waals surface area contributed by atoms with Gasteiger partial charge in [-0.15, -0.1) is 0 Å². The van der Waals surface area contributed by atoms with Gasteiger partial charge in [-0.05, 0) is 25.1 Å². The first-order valence-electron chi connectivity index (χ1n) is 7.24. The molecule has 2 aliphatic rings. The molecule has 3 N–H and O–H groups in total. The molecule has 0 fully saturated rings. The highest BCUT2D eigenvalue weighted by molar-refractivity contribution is 6.31. The molecule has 0 unspecified atom stereocenters. The van der Waals surface area contributed by atoms with Crippen molar-refractivity contribution in [2.24, 2.45) is 5.73 Å². The highest BCUT2D eigenvalue weighted by atomic mass is 35.5. The minimum atomic E-state index is -1.76. The van der Waals surface area contributed by atoms with E-state index in [-0.39, 0.29) is 28.5 Å². The maximum atomic E-state index is 13.0. The molecular weight excluding hydrogens is 346 g/mol. The summed E-state index contributed by atoms with van der Waals surface area (Å²) in [6, 6.07) is 8.07. The summed E-state index contributed by atoms with van der Waals surface area (Å²) in [7, 11) is 0. The molecule has 2 aliphatic heterocycles. The quantitative estimate of drug-likeness (QED) is 0.745. The Morgan fingerprint density at radius 1 is 1.32 bits per heavy atom. The summed E-state index contributed by atoms with van der Waals surface area (Å²) < 4.78 is 10.6. The Morgan fingerprint density at radius 3 is 2.80 bits per heavy atom. The monoisotopic (exact) mass is 355 g/mol. The number of ether oxygens (including phenoxy) is 1. The van der Waals surface area contributed by atoms with Crippen molar-refractivity contribution in [2.45, 2.75) is 12.3 Å². The van der Waals surface area contributed by atoms with E-state index in [0.29, 0.717) is 16.3 Å². The van der Waals surface area contributed by atoms with Crippen LogP contribution in [0.2, 0.25) is 5.02 Å². The van der Waals surface area contributed by atoms with Crippen molar-refractivity contribution >= 4 is 23.2 Å². The molecule has 0 aliphatic carbocycles. The number of rotatable bonds is 0. The molecule has 2 aromatic rings. The van der Waals surface area contributed by atoms with E-state index in [1.54, 1.807) is 19.1 Å². The van der Waals surface area contributed by atoms with Gasteiger partial charge in [-0.1, -0.05) is 11.6 Å². The number of carbonyl (C=O) groups is 1. The molecule has 1 atom stereocenters. The van der Waals surface area contributed by atoms with Crippen molar-refractivity contribution < 1.29 is 13.9 Å². The molecule has 8 heteroatoms. The van der Waals surface area contributed by atoms with Gasteiger partial charge in [0.05, 0.1) is 0 Å². The van der Waals surface area contributed by atoms with E-state index in [2.05, 4.69) is 5.32 Å². The first-order valence-corrected chi connectivity index (χ1v) is 7.62. The van der Waals surface area contributed by atoms with Crippen LogP contribution in [0.25, 0.3) is 0 Å². The second-order valence-corrected chi connectivity index (χ2v) is 6.17. The van der Waals surface area contributed by atoms with Gasteiger partial charge >= 0.3 is 5.63 Å². The molecule has 1 aromatic heterocycles. The second kappa shape index (κ2) is 4.88. The Balaban J connectivity index is 2.22. The van der Waals surface area contributed by atoms with Gasteiger partial charge in [0.15, 0.2) is 5.41 Å². The largest absolute Gasteiger partial charge is 0.440 e. The maximum absolute atomic E-state index is 13.0. The zero-order valence-electron chi connectivity index (χ0n) is 12.8. The smallest absolute Gasteiger partial charge is 0.344 e. The predicted octanol–water partition coefficient (Wildman–Crippen LogP) is 1.93. The lowest BCUT2D eigenvalue weighted by Crippen LogP contribution is -2.45. The maximum Gasteiger partial charge on any atom is 0.344 e. The number of hydrogen-bond donors (Lipinski definition) is 2. The van der Waals surface area contributed by atoms with Crippen LogP contribution in [0.1, 0.15) is 16.9 Å². The highest BCUT2D eigenvalue weighted by Crippen LogP contribution is 2.52. The van der Waals surface area contributed by atoms with Gasteiger partial charge in [-0.3, -0.25) is 4.79 Å². The van der Waals surface area contributed by atoms with Crippen LogP contribution in [0.4, 0.5) is 5.69 Å². The number of nitrogens with two attached hydrogens (primary N) is 1. The first kappa shape index (κ1) is 15.3. The fourth-order valence-corrected chi connectivity index (χ4v) is 3.56. The third kappa shape index (κ3) is 1.80. The summed E-state index contributed by atoms with van der Waals surface area (Å²) in [5.41, 5.74) is 3.87. The van der Waals surface area contributed by atoms with Gasteiger partial charge in [0, 0.05) is 22.3 Å². The molecule has 0 saturated heterocycles. The summed E-state index contributed by atoms with van der Waals surface area (Å²) in [5, 5.41) is 12.7. The van der Waals surface area contributed by atoms with Crippen LogP contribution in [0.3, 0.4) is 0 Å². The lowest BCUT2D eigenvalue weighted by atomic mass is 9.69. The van der Waals surface area contributed by atoms with Crippen molar-refractivity contribution in [1.82, 2.24) is 0 Å². The van der Waals surface area contributed by atoms with Crippen LogP contribution in [0.5, 0.6) is 5.75 Å². The van der Waals surface area contributed by atoms with Crippen molar-refractivity contribution in [2.75, 3.05) is 5.32 Å². The molecule has 0 radical (unpaired) electrons. The predicted molar refractivity (Wildman–Crippen MR) is 88.0 cm³/mol. The standard InChI is InChI=1S/C17H10ClN3O4/c1-7-4-12-13(15(22)24-7)17(10(6-19)14(20)25-12)9-5-8(18)2-3-11(9)21-16(17)23/h2-5H,20H2,1H3,(H,21,23)/t17-/m1/s1. The SMILES string of the molecule is Cc1cc2c(c(=O)o1)[C@]1(C(=O)Nc3ccc(Cl)cc31)C(C#N)=C(N)O2. The summed E-state index contributed by atoms with van der Waals surface area (Å²) in [6.45, 7) is 1.57. The van der Waals surface area contributed by atoms with E-state index in [1.165, 1.54) is 12.1 Å². The van der Waals surface area contributed by atoms with Crippen LogP contribution in [0.15, 0.2) is 44.9 Å². The molecule has 4 rings (SSSR count). The minimum Gasteiger partial charge on any atom is -0.440 e. The Kier molecular flexibility index (Phi) is 2.99. The fraction of sp³-hybridized carbons (Fsp3) is 0.118. The third-order valence-electron chi connectivity index (χ3n) is 4.34. The molecule has 3 heterocycles. The Hall–Kier alpha value is -3.24. The lowest BCUT2D eigenvalue weighted by molar-refractivity contribution is -0.118. The van der Waals surface area contributed by atoms with Crippen LogP contribution >= 0.6 is 11.6 Å². The van der Waals surface area contributed by atoms with Crippen molar-refractivity contribution in [3.63, 3.8) is 0 Å². The van der Waals surface area contributed by atoms with Crippen LogP contribution in [-0.4, -0.2) is 5.91 Å². The van der Waals surface area contributed by atoms with Crippen molar-refractivity contribution in [1.29, 1.82) is 5.26 Å². The highest BCUT2D eigenvalue weighted by Gasteiger charge is 2.58. The average molecular weight is 356 g/mol. The zero-order chi connectivity index (χ0) is 17.9.